The van der Waals surface area contributed by atoms with Gasteiger partial charge < -0.3 is 9.22 Å². The van der Waals surface area contributed by atoms with E-state index in [4.69, 9.17) is 4.43 Å². The number of carbonyl (C=O) groups excluding carboxylic acids is 1. The predicted molar refractivity (Wildman–Crippen MR) is 62.9 cm³/mol. The SMILES string of the molecule is C=CCC(CC(C)C=O)O[Si](C)(C)C. The standard InChI is InChI=1S/C11H22O2Si/c1-6-7-11(8-10(2)9-12)13-14(3,4)5/h6,9-11H,1,7-8H2,2-5H3. The van der Waals surface area contributed by atoms with E-state index in [9.17, 15) is 4.79 Å². The molecule has 0 aliphatic carbocycles. The quantitative estimate of drug-likeness (QED) is 0.370. The lowest BCUT2D eigenvalue weighted by Gasteiger charge is -2.26. The molecule has 0 spiro atoms. The molecule has 2 nitrogen and oxygen atoms in total. The van der Waals surface area contributed by atoms with Crippen LogP contribution in [0.3, 0.4) is 0 Å². The van der Waals surface area contributed by atoms with Crippen LogP contribution < -0.4 is 0 Å². The van der Waals surface area contributed by atoms with E-state index in [1.807, 2.05) is 13.0 Å². The van der Waals surface area contributed by atoms with Crippen molar-refractivity contribution in [2.24, 2.45) is 5.92 Å². The van der Waals surface area contributed by atoms with E-state index in [0.29, 0.717) is 0 Å². The molecule has 2 unspecified atom stereocenters. The summed E-state index contributed by atoms with van der Waals surface area (Å²) >= 11 is 0. The fourth-order valence-electron chi connectivity index (χ4n) is 1.35. The number of hydrogen-bond donors (Lipinski definition) is 0. The van der Waals surface area contributed by atoms with Crippen molar-refractivity contribution in [1.29, 1.82) is 0 Å². The first-order valence-electron chi connectivity index (χ1n) is 5.13. The van der Waals surface area contributed by atoms with Gasteiger partial charge in [0.25, 0.3) is 0 Å². The zero-order chi connectivity index (χ0) is 11.2. The van der Waals surface area contributed by atoms with Crippen molar-refractivity contribution < 1.29 is 9.22 Å². The zero-order valence-electron chi connectivity index (χ0n) is 9.75. The topological polar surface area (TPSA) is 26.3 Å². The first-order chi connectivity index (χ1) is 6.39. The molecule has 0 bridgehead atoms. The van der Waals surface area contributed by atoms with Crippen molar-refractivity contribution in [2.45, 2.75) is 45.5 Å². The summed E-state index contributed by atoms with van der Waals surface area (Å²) in [5, 5.41) is 0. The molecule has 0 saturated heterocycles. The molecule has 82 valence electrons. The van der Waals surface area contributed by atoms with Gasteiger partial charge in [-0.3, -0.25) is 0 Å². The predicted octanol–water partition coefficient (Wildman–Crippen LogP) is 3.01. The fourth-order valence-corrected chi connectivity index (χ4v) is 2.54. The van der Waals surface area contributed by atoms with Gasteiger partial charge in [0.05, 0.1) is 0 Å². The second-order valence-corrected chi connectivity index (χ2v) is 9.19. The summed E-state index contributed by atoms with van der Waals surface area (Å²) in [7, 11) is -1.50. The van der Waals surface area contributed by atoms with Crippen LogP contribution in [0.4, 0.5) is 0 Å². The minimum Gasteiger partial charge on any atom is -0.414 e. The van der Waals surface area contributed by atoms with Gasteiger partial charge in [-0.05, 0) is 32.5 Å². The summed E-state index contributed by atoms with van der Waals surface area (Å²) in [4.78, 5) is 10.5. The van der Waals surface area contributed by atoms with Crippen LogP contribution in [0.2, 0.25) is 19.6 Å². The monoisotopic (exact) mass is 214 g/mol. The molecule has 2 atom stereocenters. The van der Waals surface area contributed by atoms with Crippen molar-refractivity contribution in [3.63, 3.8) is 0 Å². The van der Waals surface area contributed by atoms with Crippen LogP contribution in [0, 0.1) is 5.92 Å². The third-order valence-corrected chi connectivity index (χ3v) is 2.86. The summed E-state index contributed by atoms with van der Waals surface area (Å²) in [6.45, 7) is 12.1. The van der Waals surface area contributed by atoms with Gasteiger partial charge in [0.2, 0.25) is 0 Å². The zero-order valence-corrected chi connectivity index (χ0v) is 10.7. The van der Waals surface area contributed by atoms with Crippen LogP contribution in [-0.2, 0) is 9.22 Å². The van der Waals surface area contributed by atoms with Crippen molar-refractivity contribution in [3.05, 3.63) is 12.7 Å². The number of aldehydes is 1. The summed E-state index contributed by atoms with van der Waals surface area (Å²) in [5.74, 6) is 0.0799. The van der Waals surface area contributed by atoms with Crippen LogP contribution in [-0.4, -0.2) is 20.7 Å². The Bertz CT molecular complexity index is 184. The molecule has 0 aromatic heterocycles. The second kappa shape index (κ2) is 6.14. The smallest absolute Gasteiger partial charge is 0.184 e. The number of hydrogen-bond acceptors (Lipinski definition) is 2. The Hall–Kier alpha value is -0.413. The third kappa shape index (κ3) is 7.03. The van der Waals surface area contributed by atoms with Gasteiger partial charge in [-0.2, -0.15) is 0 Å². The fraction of sp³-hybridized carbons (Fsp3) is 0.727. The lowest BCUT2D eigenvalue weighted by atomic mass is 10.0. The Morgan fingerprint density at radius 1 is 1.43 bits per heavy atom. The highest BCUT2D eigenvalue weighted by Gasteiger charge is 2.21. The number of carbonyl (C=O) groups is 1. The van der Waals surface area contributed by atoms with Gasteiger partial charge >= 0.3 is 0 Å². The minimum atomic E-state index is -1.50. The second-order valence-electron chi connectivity index (χ2n) is 4.73. The molecule has 0 aliphatic rings. The molecular formula is C11H22O2Si. The highest BCUT2D eigenvalue weighted by atomic mass is 28.4. The lowest BCUT2D eigenvalue weighted by molar-refractivity contribution is -0.111. The molecule has 0 aromatic rings. The molecule has 0 aromatic carbocycles. The van der Waals surface area contributed by atoms with Crippen LogP contribution in [0.5, 0.6) is 0 Å². The van der Waals surface area contributed by atoms with Crippen LogP contribution in [0.15, 0.2) is 12.7 Å². The van der Waals surface area contributed by atoms with E-state index in [1.165, 1.54) is 0 Å². The molecule has 3 heteroatoms. The summed E-state index contributed by atoms with van der Waals surface area (Å²) in [5.41, 5.74) is 0. The lowest BCUT2D eigenvalue weighted by Crippen LogP contribution is -2.32. The summed E-state index contributed by atoms with van der Waals surface area (Å²) in [6.07, 6.45) is 4.66. The van der Waals surface area contributed by atoms with E-state index in [0.717, 1.165) is 19.1 Å². The van der Waals surface area contributed by atoms with Crippen molar-refractivity contribution in [2.75, 3.05) is 0 Å². The third-order valence-electron chi connectivity index (χ3n) is 1.82. The van der Waals surface area contributed by atoms with Crippen molar-refractivity contribution >= 4 is 14.6 Å². The Balaban J connectivity index is 4.14. The van der Waals surface area contributed by atoms with E-state index >= 15 is 0 Å². The van der Waals surface area contributed by atoms with E-state index in [-0.39, 0.29) is 12.0 Å². The van der Waals surface area contributed by atoms with Gasteiger partial charge in [0.1, 0.15) is 6.29 Å². The first-order valence-corrected chi connectivity index (χ1v) is 8.54. The molecule has 0 N–H and O–H groups in total. The molecule has 0 rings (SSSR count). The van der Waals surface area contributed by atoms with Crippen LogP contribution in [0.25, 0.3) is 0 Å². The van der Waals surface area contributed by atoms with Gasteiger partial charge in [-0.25, -0.2) is 0 Å². The molecule has 0 heterocycles. The normalized spacial score (nSPS) is 16.0. The Morgan fingerprint density at radius 2 is 2.00 bits per heavy atom. The molecular weight excluding hydrogens is 192 g/mol. The van der Waals surface area contributed by atoms with Gasteiger partial charge in [0.15, 0.2) is 8.32 Å². The van der Waals surface area contributed by atoms with E-state index in [1.54, 1.807) is 0 Å². The maximum atomic E-state index is 10.5. The first kappa shape index (κ1) is 13.6. The van der Waals surface area contributed by atoms with Crippen molar-refractivity contribution in [1.82, 2.24) is 0 Å². The van der Waals surface area contributed by atoms with E-state index < -0.39 is 8.32 Å². The van der Waals surface area contributed by atoms with E-state index in [2.05, 4.69) is 26.2 Å². The van der Waals surface area contributed by atoms with Gasteiger partial charge in [0, 0.05) is 12.0 Å². The van der Waals surface area contributed by atoms with Crippen LogP contribution in [0.1, 0.15) is 19.8 Å². The Labute approximate surface area is 88.5 Å². The molecule has 0 saturated carbocycles. The molecule has 0 aliphatic heterocycles. The maximum absolute atomic E-state index is 10.5. The summed E-state index contributed by atoms with van der Waals surface area (Å²) in [6, 6.07) is 0. The summed E-state index contributed by atoms with van der Waals surface area (Å²) < 4.78 is 5.96. The van der Waals surface area contributed by atoms with Crippen molar-refractivity contribution in [3.8, 4) is 0 Å². The largest absolute Gasteiger partial charge is 0.414 e. The highest BCUT2D eigenvalue weighted by molar-refractivity contribution is 6.69. The average Bonchev–Trinajstić information content (AvgIpc) is 2.01. The highest BCUT2D eigenvalue weighted by Crippen LogP contribution is 2.16. The van der Waals surface area contributed by atoms with Gasteiger partial charge in [-0.1, -0.05) is 13.0 Å². The molecule has 0 radical (unpaired) electrons. The average molecular weight is 214 g/mol. The Kier molecular flexibility index (Phi) is 5.96. The Morgan fingerprint density at radius 3 is 2.36 bits per heavy atom. The number of rotatable bonds is 7. The molecule has 0 fully saturated rings. The minimum absolute atomic E-state index is 0.0799. The van der Waals surface area contributed by atoms with Gasteiger partial charge in [-0.15, -0.1) is 6.58 Å². The molecule has 14 heavy (non-hydrogen) atoms. The molecule has 0 amide bonds. The van der Waals surface area contributed by atoms with Crippen LogP contribution >= 0.6 is 0 Å². The maximum Gasteiger partial charge on any atom is 0.184 e.